The van der Waals surface area contributed by atoms with Gasteiger partial charge in [-0.25, -0.2) is 9.37 Å². The highest BCUT2D eigenvalue weighted by atomic mass is 32.1. The summed E-state index contributed by atoms with van der Waals surface area (Å²) in [6.07, 6.45) is 0.560. The van der Waals surface area contributed by atoms with E-state index in [1.807, 2.05) is 13.8 Å². The van der Waals surface area contributed by atoms with Gasteiger partial charge in [0.2, 0.25) is 0 Å². The largest absolute Gasteiger partial charge is 0.387 e. The molecule has 0 amide bonds. The zero-order chi connectivity index (χ0) is 15.9. The Morgan fingerprint density at radius 2 is 2.00 bits per heavy atom. The highest BCUT2D eigenvalue weighted by Crippen LogP contribution is 2.25. The van der Waals surface area contributed by atoms with E-state index in [0.29, 0.717) is 15.8 Å². The number of aryl methyl sites for hydroxylation is 2. The van der Waals surface area contributed by atoms with Crippen molar-refractivity contribution in [2.45, 2.75) is 26.5 Å². The first-order chi connectivity index (χ1) is 10.5. The van der Waals surface area contributed by atoms with E-state index in [-0.39, 0.29) is 17.9 Å². The van der Waals surface area contributed by atoms with Crippen LogP contribution in [0.2, 0.25) is 0 Å². The van der Waals surface area contributed by atoms with Gasteiger partial charge in [0.05, 0.1) is 24.4 Å². The monoisotopic (exact) mass is 318 g/mol. The molecule has 0 saturated carbocycles. The van der Waals surface area contributed by atoms with Crippen molar-refractivity contribution in [2.24, 2.45) is 0 Å². The summed E-state index contributed by atoms with van der Waals surface area (Å²) in [5.74, 6) is -0.361. The minimum atomic E-state index is -0.891. The second-order valence-electron chi connectivity index (χ2n) is 5.23. The standard InChI is InChI=1S/C16H15FN2O2S/c1-9-10(2)22-15-14(9)16(21)19(8-18-15)7-13(20)11-3-5-12(17)6-4-11/h3-6,8,13,20H,7H2,1-2H3/t13-/m1/s1. The third-order valence-electron chi connectivity index (χ3n) is 3.78. The van der Waals surface area contributed by atoms with Gasteiger partial charge in [0.25, 0.3) is 5.56 Å². The van der Waals surface area contributed by atoms with Crippen LogP contribution in [0.3, 0.4) is 0 Å². The number of aromatic nitrogens is 2. The SMILES string of the molecule is Cc1sc2ncn(C[C@@H](O)c3ccc(F)cc3)c(=O)c2c1C. The van der Waals surface area contributed by atoms with Crippen LogP contribution in [0.5, 0.6) is 0 Å². The van der Waals surface area contributed by atoms with Crippen molar-refractivity contribution in [2.75, 3.05) is 0 Å². The van der Waals surface area contributed by atoms with Gasteiger partial charge in [-0.3, -0.25) is 9.36 Å². The second kappa shape index (κ2) is 5.62. The fraction of sp³-hybridized carbons (Fsp3) is 0.250. The molecule has 0 bridgehead atoms. The second-order valence-corrected chi connectivity index (χ2v) is 6.44. The summed E-state index contributed by atoms with van der Waals surface area (Å²) >= 11 is 1.49. The number of thiophene rings is 1. The Hall–Kier alpha value is -2.05. The minimum Gasteiger partial charge on any atom is -0.387 e. The first-order valence-corrected chi connectivity index (χ1v) is 7.67. The van der Waals surface area contributed by atoms with Crippen LogP contribution in [0.1, 0.15) is 22.1 Å². The molecule has 114 valence electrons. The van der Waals surface area contributed by atoms with Crippen LogP contribution in [-0.4, -0.2) is 14.7 Å². The first-order valence-electron chi connectivity index (χ1n) is 6.86. The van der Waals surface area contributed by atoms with Gasteiger partial charge in [-0.2, -0.15) is 0 Å². The fourth-order valence-electron chi connectivity index (χ4n) is 2.38. The summed E-state index contributed by atoms with van der Waals surface area (Å²) < 4.78 is 14.3. The van der Waals surface area contributed by atoms with E-state index >= 15 is 0 Å². The molecule has 0 aliphatic rings. The topological polar surface area (TPSA) is 55.1 Å². The summed E-state index contributed by atoms with van der Waals surface area (Å²) in [6.45, 7) is 3.94. The molecule has 1 N–H and O–H groups in total. The number of nitrogens with zero attached hydrogens (tertiary/aromatic N) is 2. The van der Waals surface area contributed by atoms with Gasteiger partial charge in [-0.1, -0.05) is 12.1 Å². The average molecular weight is 318 g/mol. The van der Waals surface area contributed by atoms with E-state index in [0.717, 1.165) is 10.4 Å². The zero-order valence-corrected chi connectivity index (χ0v) is 13.0. The molecule has 2 aromatic heterocycles. The van der Waals surface area contributed by atoms with Crippen LogP contribution in [0.25, 0.3) is 10.2 Å². The smallest absolute Gasteiger partial charge is 0.262 e. The van der Waals surface area contributed by atoms with E-state index in [9.17, 15) is 14.3 Å². The van der Waals surface area contributed by atoms with Gasteiger partial charge in [0.1, 0.15) is 10.6 Å². The van der Waals surface area contributed by atoms with E-state index < -0.39 is 6.10 Å². The maximum absolute atomic E-state index is 12.9. The van der Waals surface area contributed by atoms with Gasteiger partial charge in [0, 0.05) is 4.88 Å². The van der Waals surface area contributed by atoms with Gasteiger partial charge in [-0.15, -0.1) is 11.3 Å². The highest BCUT2D eigenvalue weighted by Gasteiger charge is 2.15. The zero-order valence-electron chi connectivity index (χ0n) is 12.2. The van der Waals surface area contributed by atoms with Crippen molar-refractivity contribution >= 4 is 21.6 Å². The lowest BCUT2D eigenvalue weighted by Crippen LogP contribution is -2.23. The summed E-state index contributed by atoms with van der Waals surface area (Å²) in [4.78, 5) is 18.6. The van der Waals surface area contributed by atoms with Crippen molar-refractivity contribution in [3.8, 4) is 0 Å². The molecule has 0 fully saturated rings. The molecular weight excluding hydrogens is 303 g/mol. The van der Waals surface area contributed by atoms with Gasteiger partial charge in [0.15, 0.2) is 0 Å². The lowest BCUT2D eigenvalue weighted by atomic mass is 10.1. The number of halogens is 1. The maximum atomic E-state index is 12.9. The molecule has 0 saturated heterocycles. The highest BCUT2D eigenvalue weighted by molar-refractivity contribution is 7.18. The van der Waals surface area contributed by atoms with Crippen LogP contribution in [0, 0.1) is 19.7 Å². The summed E-state index contributed by atoms with van der Waals surface area (Å²) in [6, 6.07) is 5.60. The molecule has 0 spiro atoms. The number of hydrogen-bond donors (Lipinski definition) is 1. The molecule has 4 nitrogen and oxygen atoms in total. The van der Waals surface area contributed by atoms with Crippen molar-refractivity contribution in [1.29, 1.82) is 0 Å². The van der Waals surface area contributed by atoms with Gasteiger partial charge < -0.3 is 5.11 Å². The third kappa shape index (κ3) is 2.55. The van der Waals surface area contributed by atoms with Crippen LogP contribution in [0.15, 0.2) is 35.4 Å². The van der Waals surface area contributed by atoms with Gasteiger partial charge >= 0.3 is 0 Å². The molecule has 3 aromatic rings. The fourth-order valence-corrected chi connectivity index (χ4v) is 3.36. The average Bonchev–Trinajstić information content (AvgIpc) is 2.78. The molecule has 0 unspecified atom stereocenters. The molecular formula is C16H15FN2O2S. The Morgan fingerprint density at radius 3 is 2.68 bits per heavy atom. The number of benzene rings is 1. The van der Waals surface area contributed by atoms with Crippen molar-refractivity contribution in [3.63, 3.8) is 0 Å². The number of hydrogen-bond acceptors (Lipinski definition) is 4. The van der Waals surface area contributed by atoms with Crippen LogP contribution < -0.4 is 5.56 Å². The number of aliphatic hydroxyl groups excluding tert-OH is 1. The molecule has 0 aliphatic heterocycles. The predicted octanol–water partition coefficient (Wildman–Crippen LogP) is 2.95. The Labute approximate surface area is 130 Å². The minimum absolute atomic E-state index is 0.0851. The van der Waals surface area contributed by atoms with E-state index in [4.69, 9.17) is 0 Å². The maximum Gasteiger partial charge on any atom is 0.262 e. The number of aliphatic hydroxyl groups is 1. The van der Waals surface area contributed by atoms with Crippen molar-refractivity contribution in [1.82, 2.24) is 9.55 Å². The quantitative estimate of drug-likeness (QED) is 0.808. The predicted molar refractivity (Wildman–Crippen MR) is 84.7 cm³/mol. The first kappa shape index (κ1) is 14.9. The summed E-state index contributed by atoms with van der Waals surface area (Å²) in [7, 11) is 0. The van der Waals surface area contributed by atoms with Crippen molar-refractivity contribution < 1.29 is 9.50 Å². The van der Waals surface area contributed by atoms with Crippen molar-refractivity contribution in [3.05, 3.63) is 62.8 Å². The third-order valence-corrected chi connectivity index (χ3v) is 4.90. The Morgan fingerprint density at radius 1 is 1.32 bits per heavy atom. The van der Waals surface area contributed by atoms with E-state index in [1.165, 1.54) is 46.5 Å². The summed E-state index contributed by atoms with van der Waals surface area (Å²) in [5.41, 5.74) is 1.34. The lowest BCUT2D eigenvalue weighted by molar-refractivity contribution is 0.155. The molecule has 0 radical (unpaired) electrons. The van der Waals surface area contributed by atoms with Crippen LogP contribution in [-0.2, 0) is 6.54 Å². The Balaban J connectivity index is 1.97. The number of rotatable bonds is 3. The molecule has 2 heterocycles. The molecule has 22 heavy (non-hydrogen) atoms. The summed E-state index contributed by atoms with van der Waals surface area (Å²) in [5, 5.41) is 10.8. The van der Waals surface area contributed by atoms with E-state index in [2.05, 4.69) is 4.98 Å². The molecule has 1 atom stereocenters. The van der Waals surface area contributed by atoms with E-state index in [1.54, 1.807) is 0 Å². The number of fused-ring (bicyclic) bond motifs is 1. The van der Waals surface area contributed by atoms with Crippen LogP contribution >= 0.6 is 11.3 Å². The molecule has 6 heteroatoms. The lowest BCUT2D eigenvalue weighted by Gasteiger charge is -2.12. The Bertz CT molecular complexity index is 884. The molecule has 1 aromatic carbocycles. The molecule has 0 aliphatic carbocycles. The normalized spacial score (nSPS) is 12.7. The van der Waals surface area contributed by atoms with Gasteiger partial charge in [-0.05, 0) is 37.1 Å². The Kier molecular flexibility index (Phi) is 3.80. The van der Waals surface area contributed by atoms with Crippen LogP contribution in [0.4, 0.5) is 4.39 Å². The molecule has 3 rings (SSSR count).